The second-order valence-corrected chi connectivity index (χ2v) is 4.83. The number of nitrogens with one attached hydrogen (secondary N) is 2. The molecule has 0 saturated carbocycles. The third-order valence-corrected chi connectivity index (χ3v) is 3.03. The summed E-state index contributed by atoms with van der Waals surface area (Å²) >= 11 is 0. The molecule has 1 aromatic carbocycles. The molecular weight excluding hydrogens is 252 g/mol. The van der Waals surface area contributed by atoms with Crippen LogP contribution in [-0.4, -0.2) is 22.2 Å². The molecule has 0 aliphatic carbocycles. The molecule has 2 aromatic rings. The molecular formula is C15H20N4O. The van der Waals surface area contributed by atoms with Gasteiger partial charge in [-0.25, -0.2) is 0 Å². The van der Waals surface area contributed by atoms with E-state index in [0.29, 0.717) is 11.4 Å². The lowest BCUT2D eigenvalue weighted by Gasteiger charge is -2.12. The zero-order valence-corrected chi connectivity index (χ0v) is 12.3. The Balaban J connectivity index is 2.28. The first kappa shape index (κ1) is 14.1. The molecule has 2 N–H and O–H groups in total. The second kappa shape index (κ2) is 5.77. The number of carbonyl (C=O) groups is 1. The molecule has 1 aromatic heterocycles. The minimum atomic E-state index is -0.132. The van der Waals surface area contributed by atoms with Crippen molar-refractivity contribution in [3.63, 3.8) is 0 Å². The lowest BCUT2D eigenvalue weighted by Crippen LogP contribution is -2.17. The van der Waals surface area contributed by atoms with Gasteiger partial charge in [0.25, 0.3) is 5.91 Å². The number of anilines is 2. The van der Waals surface area contributed by atoms with E-state index >= 15 is 0 Å². The average molecular weight is 272 g/mol. The van der Waals surface area contributed by atoms with E-state index in [4.69, 9.17) is 0 Å². The van der Waals surface area contributed by atoms with Crippen molar-refractivity contribution in [3.05, 3.63) is 41.1 Å². The van der Waals surface area contributed by atoms with Crippen molar-refractivity contribution < 1.29 is 4.79 Å². The molecule has 5 heteroatoms. The minimum absolute atomic E-state index is 0.132. The van der Waals surface area contributed by atoms with Crippen LogP contribution < -0.4 is 10.6 Å². The Morgan fingerprint density at radius 1 is 1.30 bits per heavy atom. The van der Waals surface area contributed by atoms with Crippen LogP contribution in [0, 0.1) is 13.8 Å². The quantitative estimate of drug-likeness (QED) is 0.899. The Morgan fingerprint density at radius 3 is 2.65 bits per heavy atom. The summed E-state index contributed by atoms with van der Waals surface area (Å²) in [5.74, 6) is 0.559. The molecule has 0 bridgehead atoms. The summed E-state index contributed by atoms with van der Waals surface area (Å²) in [6.07, 6.45) is 0. The largest absolute Gasteiger partial charge is 0.385 e. The second-order valence-electron chi connectivity index (χ2n) is 4.83. The highest BCUT2D eigenvalue weighted by atomic mass is 16.1. The lowest BCUT2D eigenvalue weighted by molar-refractivity contribution is 0.102. The number of benzene rings is 1. The van der Waals surface area contributed by atoms with Gasteiger partial charge in [-0.3, -0.25) is 9.48 Å². The number of hydrogen-bond donors (Lipinski definition) is 2. The van der Waals surface area contributed by atoms with E-state index in [1.807, 2.05) is 52.1 Å². The van der Waals surface area contributed by atoms with E-state index in [-0.39, 0.29) is 5.91 Å². The van der Waals surface area contributed by atoms with Gasteiger partial charge in [0.1, 0.15) is 5.82 Å². The number of nitrogens with zero attached hydrogens (tertiary/aromatic N) is 2. The van der Waals surface area contributed by atoms with Crippen LogP contribution in [0.3, 0.4) is 0 Å². The third-order valence-electron chi connectivity index (χ3n) is 3.03. The third kappa shape index (κ3) is 2.99. The van der Waals surface area contributed by atoms with Gasteiger partial charge in [-0.05, 0) is 32.9 Å². The maximum atomic E-state index is 12.4. The Morgan fingerprint density at radius 2 is 2.05 bits per heavy atom. The number of rotatable bonds is 4. The molecule has 1 heterocycles. The van der Waals surface area contributed by atoms with E-state index in [1.54, 1.807) is 4.68 Å². The number of amides is 1. The molecule has 20 heavy (non-hydrogen) atoms. The Kier molecular flexibility index (Phi) is 4.08. The van der Waals surface area contributed by atoms with Crippen LogP contribution in [0.25, 0.3) is 0 Å². The molecule has 0 saturated heterocycles. The van der Waals surface area contributed by atoms with Crippen LogP contribution in [0.4, 0.5) is 11.5 Å². The van der Waals surface area contributed by atoms with Crippen LogP contribution in [0.15, 0.2) is 24.3 Å². The van der Waals surface area contributed by atoms with Gasteiger partial charge in [0, 0.05) is 25.3 Å². The van der Waals surface area contributed by atoms with E-state index < -0.39 is 0 Å². The first-order chi connectivity index (χ1) is 9.51. The first-order valence-electron chi connectivity index (χ1n) is 6.67. The maximum absolute atomic E-state index is 12.4. The fourth-order valence-electron chi connectivity index (χ4n) is 2.10. The summed E-state index contributed by atoms with van der Waals surface area (Å²) in [6.45, 7) is 6.65. The van der Waals surface area contributed by atoms with Crippen LogP contribution in [-0.2, 0) is 7.05 Å². The van der Waals surface area contributed by atoms with E-state index in [2.05, 4.69) is 15.7 Å². The summed E-state index contributed by atoms with van der Waals surface area (Å²) in [6, 6.07) is 7.66. The molecule has 0 atom stereocenters. The van der Waals surface area contributed by atoms with Crippen molar-refractivity contribution in [2.75, 3.05) is 17.2 Å². The van der Waals surface area contributed by atoms with E-state index in [1.165, 1.54) is 0 Å². The molecule has 1 amide bonds. The van der Waals surface area contributed by atoms with E-state index in [0.717, 1.165) is 23.5 Å². The molecule has 106 valence electrons. The van der Waals surface area contributed by atoms with E-state index in [9.17, 15) is 4.79 Å². The van der Waals surface area contributed by atoms with Crippen molar-refractivity contribution >= 4 is 17.4 Å². The molecule has 0 fully saturated rings. The number of aryl methyl sites for hydroxylation is 3. The number of aromatic nitrogens is 2. The number of carbonyl (C=O) groups excluding carboxylic acids is 1. The minimum Gasteiger partial charge on any atom is -0.385 e. The number of hydrogen-bond acceptors (Lipinski definition) is 3. The van der Waals surface area contributed by atoms with Gasteiger partial charge >= 0.3 is 0 Å². The van der Waals surface area contributed by atoms with Crippen LogP contribution >= 0.6 is 0 Å². The van der Waals surface area contributed by atoms with Crippen molar-refractivity contribution in [3.8, 4) is 0 Å². The summed E-state index contributed by atoms with van der Waals surface area (Å²) in [5, 5.41) is 10.3. The molecule has 0 unspecified atom stereocenters. The topological polar surface area (TPSA) is 59.0 Å². The van der Waals surface area contributed by atoms with Gasteiger partial charge in [-0.2, -0.15) is 5.10 Å². The highest BCUT2D eigenvalue weighted by Crippen LogP contribution is 2.19. The monoisotopic (exact) mass is 272 g/mol. The molecule has 5 nitrogen and oxygen atoms in total. The Hall–Kier alpha value is -2.30. The summed E-state index contributed by atoms with van der Waals surface area (Å²) in [4.78, 5) is 12.4. The van der Waals surface area contributed by atoms with Gasteiger partial charge in [0.05, 0.1) is 11.3 Å². The van der Waals surface area contributed by atoms with Crippen molar-refractivity contribution in [1.82, 2.24) is 9.78 Å². The highest BCUT2D eigenvalue weighted by molar-refractivity contribution is 6.07. The first-order valence-corrected chi connectivity index (χ1v) is 6.67. The Labute approximate surface area is 119 Å². The zero-order valence-electron chi connectivity index (χ0n) is 12.3. The molecule has 0 spiro atoms. The zero-order chi connectivity index (χ0) is 14.7. The normalized spacial score (nSPS) is 10.4. The fraction of sp³-hybridized carbons (Fsp3) is 0.333. The van der Waals surface area contributed by atoms with Crippen LogP contribution in [0.2, 0.25) is 0 Å². The fourth-order valence-corrected chi connectivity index (χ4v) is 2.10. The smallest absolute Gasteiger partial charge is 0.258 e. The SMILES string of the molecule is CCNc1ccc(C)cc1C(=O)Nc1cc(C)nn1C. The molecule has 0 aliphatic heterocycles. The van der Waals surface area contributed by atoms with Gasteiger partial charge in [-0.1, -0.05) is 11.6 Å². The summed E-state index contributed by atoms with van der Waals surface area (Å²) < 4.78 is 1.66. The van der Waals surface area contributed by atoms with Gasteiger partial charge < -0.3 is 10.6 Å². The Bertz CT molecular complexity index is 631. The van der Waals surface area contributed by atoms with Gasteiger partial charge in [0.2, 0.25) is 0 Å². The van der Waals surface area contributed by atoms with Crippen molar-refractivity contribution in [2.45, 2.75) is 20.8 Å². The van der Waals surface area contributed by atoms with Gasteiger partial charge in [0.15, 0.2) is 0 Å². The maximum Gasteiger partial charge on any atom is 0.258 e. The standard InChI is InChI=1S/C15H20N4O/c1-5-16-13-7-6-10(2)8-12(13)15(20)17-14-9-11(3)18-19(14)4/h6-9,16H,5H2,1-4H3,(H,17,20). The van der Waals surface area contributed by atoms with Crippen molar-refractivity contribution in [1.29, 1.82) is 0 Å². The predicted molar refractivity (Wildman–Crippen MR) is 81.2 cm³/mol. The van der Waals surface area contributed by atoms with Crippen LogP contribution in [0.1, 0.15) is 28.5 Å². The summed E-state index contributed by atoms with van der Waals surface area (Å²) in [7, 11) is 1.81. The lowest BCUT2D eigenvalue weighted by atomic mass is 10.1. The summed E-state index contributed by atoms with van der Waals surface area (Å²) in [5.41, 5.74) is 3.41. The molecule has 0 radical (unpaired) electrons. The molecule has 2 rings (SSSR count). The van der Waals surface area contributed by atoms with Crippen LogP contribution in [0.5, 0.6) is 0 Å². The average Bonchev–Trinajstić information content (AvgIpc) is 2.70. The van der Waals surface area contributed by atoms with Gasteiger partial charge in [-0.15, -0.1) is 0 Å². The van der Waals surface area contributed by atoms with Crippen molar-refractivity contribution in [2.24, 2.45) is 7.05 Å². The highest BCUT2D eigenvalue weighted by Gasteiger charge is 2.13. The molecule has 0 aliphatic rings. The predicted octanol–water partition coefficient (Wildman–Crippen LogP) is 2.72.